The Kier molecular flexibility index (Phi) is 3.85. The molecule has 0 atom stereocenters. The summed E-state index contributed by atoms with van der Waals surface area (Å²) in [5.74, 6) is -0.266. The van der Waals surface area contributed by atoms with Gasteiger partial charge in [-0.3, -0.25) is 9.20 Å². The Balaban J connectivity index is 2.09. The highest BCUT2D eigenvalue weighted by molar-refractivity contribution is 7.17. The summed E-state index contributed by atoms with van der Waals surface area (Å²) < 4.78 is 1.93. The predicted molar refractivity (Wildman–Crippen MR) is 91.6 cm³/mol. The number of benzene rings is 1. The fraction of sp³-hybridized carbons (Fsp3) is 0.167. The molecule has 0 aliphatic heterocycles. The quantitative estimate of drug-likeness (QED) is 0.414. The number of aryl methyl sites for hydroxylation is 3. The molecule has 0 saturated carbocycles. The minimum Gasteiger partial charge on any atom is -0.290 e. The zero-order valence-electron chi connectivity index (χ0n) is 13.1. The number of nitriles is 1. The largest absolute Gasteiger partial charge is 0.290 e. The van der Waals surface area contributed by atoms with E-state index in [2.05, 4.69) is 4.98 Å². The maximum atomic E-state index is 12.6. The molecule has 0 amide bonds. The molecule has 0 unspecified atom stereocenters. The van der Waals surface area contributed by atoms with Gasteiger partial charge < -0.3 is 0 Å². The Morgan fingerprint density at radius 3 is 2.83 bits per heavy atom. The average molecular weight is 321 g/mol. The van der Waals surface area contributed by atoms with Gasteiger partial charge in [0.2, 0.25) is 5.78 Å². The Morgan fingerprint density at radius 2 is 2.13 bits per heavy atom. The van der Waals surface area contributed by atoms with E-state index < -0.39 is 0 Å². The van der Waals surface area contributed by atoms with Crippen LogP contribution in [0.15, 0.2) is 36.0 Å². The minimum atomic E-state index is -0.266. The van der Waals surface area contributed by atoms with Gasteiger partial charge in [-0.25, -0.2) is 4.98 Å². The molecule has 114 valence electrons. The molecule has 0 saturated heterocycles. The van der Waals surface area contributed by atoms with Crippen LogP contribution >= 0.6 is 11.3 Å². The summed E-state index contributed by atoms with van der Waals surface area (Å²) >= 11 is 1.58. The number of rotatable bonds is 3. The van der Waals surface area contributed by atoms with Crippen LogP contribution in [0.4, 0.5) is 0 Å². The van der Waals surface area contributed by atoms with Crippen molar-refractivity contribution in [2.45, 2.75) is 20.8 Å². The summed E-state index contributed by atoms with van der Waals surface area (Å²) in [6.45, 7) is 5.81. The molecule has 5 heteroatoms. The Hall–Kier alpha value is -2.71. The fourth-order valence-electron chi connectivity index (χ4n) is 2.48. The van der Waals surface area contributed by atoms with Gasteiger partial charge in [0.05, 0.1) is 11.4 Å². The summed E-state index contributed by atoms with van der Waals surface area (Å²) in [6, 6.07) is 9.30. The second kappa shape index (κ2) is 5.82. The van der Waals surface area contributed by atoms with Crippen LogP contribution in [0.5, 0.6) is 0 Å². The fourth-order valence-corrected chi connectivity index (χ4v) is 3.36. The lowest BCUT2D eigenvalue weighted by atomic mass is 10.0. The number of aromatic nitrogens is 2. The SMILES string of the molecule is Cc1cccc(C(=O)/C(C#N)=C/c2c(C)nc3sc(C)cn23)c1. The van der Waals surface area contributed by atoms with Gasteiger partial charge in [0.1, 0.15) is 11.6 Å². The normalized spacial score (nSPS) is 11.7. The van der Waals surface area contributed by atoms with Gasteiger partial charge in [0.15, 0.2) is 4.96 Å². The topological polar surface area (TPSA) is 58.2 Å². The molecule has 3 aromatic rings. The number of carbonyl (C=O) groups excluding carboxylic acids is 1. The van der Waals surface area contributed by atoms with E-state index in [1.165, 1.54) is 0 Å². The number of ketones is 1. The zero-order valence-corrected chi connectivity index (χ0v) is 13.9. The highest BCUT2D eigenvalue weighted by Gasteiger charge is 2.15. The summed E-state index contributed by atoms with van der Waals surface area (Å²) in [6.07, 6.45) is 3.60. The standard InChI is InChI=1S/C18H15N3OS/c1-11-5-4-6-14(7-11)17(22)15(9-19)8-16-13(3)20-18-21(16)10-12(2)23-18/h4-8,10H,1-3H3/b15-8+. The maximum Gasteiger partial charge on any atom is 0.203 e. The van der Waals surface area contributed by atoms with Crippen LogP contribution in [0.2, 0.25) is 0 Å². The molecule has 23 heavy (non-hydrogen) atoms. The van der Waals surface area contributed by atoms with Crippen LogP contribution in [0.25, 0.3) is 11.0 Å². The summed E-state index contributed by atoms with van der Waals surface area (Å²) in [5, 5.41) is 9.43. The number of carbonyl (C=O) groups is 1. The third-order valence-electron chi connectivity index (χ3n) is 3.59. The molecule has 3 rings (SSSR count). The van der Waals surface area contributed by atoms with E-state index in [1.54, 1.807) is 29.5 Å². The van der Waals surface area contributed by atoms with Crippen molar-refractivity contribution >= 4 is 28.2 Å². The number of thiazole rings is 1. The lowest BCUT2D eigenvalue weighted by Gasteiger charge is -2.01. The monoisotopic (exact) mass is 321 g/mol. The number of Topliss-reactive ketones (excluding diaryl/α,β-unsaturated/α-hetero) is 1. The molecule has 0 fully saturated rings. The first-order valence-corrected chi connectivity index (χ1v) is 7.99. The molecule has 0 N–H and O–H groups in total. The third kappa shape index (κ3) is 2.81. The number of imidazole rings is 1. The smallest absolute Gasteiger partial charge is 0.203 e. The maximum absolute atomic E-state index is 12.6. The van der Waals surface area contributed by atoms with Crippen molar-refractivity contribution in [3.8, 4) is 6.07 Å². The molecule has 0 spiro atoms. The van der Waals surface area contributed by atoms with E-state index in [0.717, 1.165) is 26.8 Å². The van der Waals surface area contributed by atoms with Gasteiger partial charge in [-0.2, -0.15) is 5.26 Å². The number of allylic oxidation sites excluding steroid dienone is 1. The molecule has 0 aliphatic rings. The molecule has 4 nitrogen and oxygen atoms in total. The number of fused-ring (bicyclic) bond motifs is 1. The number of nitrogens with zero attached hydrogens (tertiary/aromatic N) is 3. The molecular formula is C18H15N3OS. The molecule has 2 aromatic heterocycles. The van der Waals surface area contributed by atoms with Crippen LogP contribution in [0, 0.1) is 32.1 Å². The Bertz CT molecular complexity index is 986. The molecule has 0 radical (unpaired) electrons. The molecular weight excluding hydrogens is 306 g/mol. The Labute approximate surface area is 138 Å². The van der Waals surface area contributed by atoms with E-state index in [4.69, 9.17) is 0 Å². The highest BCUT2D eigenvalue weighted by atomic mass is 32.1. The van der Waals surface area contributed by atoms with Gasteiger partial charge in [-0.05, 0) is 32.9 Å². The molecule has 0 aliphatic carbocycles. The van der Waals surface area contributed by atoms with Crippen molar-refractivity contribution in [2.24, 2.45) is 0 Å². The first kappa shape index (κ1) is 15.2. The van der Waals surface area contributed by atoms with Crippen molar-refractivity contribution in [3.63, 3.8) is 0 Å². The number of hydrogen-bond acceptors (Lipinski definition) is 4. The van der Waals surface area contributed by atoms with Crippen LogP contribution in [-0.2, 0) is 0 Å². The highest BCUT2D eigenvalue weighted by Crippen LogP contribution is 2.23. The van der Waals surface area contributed by atoms with E-state index in [0.29, 0.717) is 5.56 Å². The van der Waals surface area contributed by atoms with E-state index in [-0.39, 0.29) is 11.4 Å². The van der Waals surface area contributed by atoms with Crippen molar-refractivity contribution in [1.29, 1.82) is 5.26 Å². The van der Waals surface area contributed by atoms with Gasteiger partial charge in [0.25, 0.3) is 0 Å². The van der Waals surface area contributed by atoms with Crippen LogP contribution in [-0.4, -0.2) is 15.2 Å². The summed E-state index contributed by atoms with van der Waals surface area (Å²) in [5.41, 5.74) is 3.22. The predicted octanol–water partition coefficient (Wildman–Crippen LogP) is 4.11. The molecule has 2 heterocycles. The van der Waals surface area contributed by atoms with Crippen LogP contribution in [0.3, 0.4) is 0 Å². The third-order valence-corrected chi connectivity index (χ3v) is 4.49. The van der Waals surface area contributed by atoms with Gasteiger partial charge in [-0.1, -0.05) is 23.8 Å². The zero-order chi connectivity index (χ0) is 16.6. The van der Waals surface area contributed by atoms with Crippen molar-refractivity contribution < 1.29 is 4.79 Å². The number of hydrogen-bond donors (Lipinski definition) is 0. The van der Waals surface area contributed by atoms with E-state index in [1.807, 2.05) is 49.6 Å². The summed E-state index contributed by atoms with van der Waals surface area (Å²) in [7, 11) is 0. The average Bonchev–Trinajstić information content (AvgIpc) is 3.00. The molecule has 1 aromatic carbocycles. The van der Waals surface area contributed by atoms with Gasteiger partial charge >= 0.3 is 0 Å². The molecule has 0 bridgehead atoms. The van der Waals surface area contributed by atoms with Crippen LogP contribution in [0.1, 0.15) is 32.2 Å². The second-order valence-corrected chi connectivity index (χ2v) is 6.66. The summed E-state index contributed by atoms with van der Waals surface area (Å²) in [4.78, 5) is 19.1. The van der Waals surface area contributed by atoms with Gasteiger partial charge in [0, 0.05) is 16.6 Å². The lowest BCUT2D eigenvalue weighted by molar-refractivity contribution is 0.104. The van der Waals surface area contributed by atoms with Crippen LogP contribution < -0.4 is 0 Å². The van der Waals surface area contributed by atoms with Crippen molar-refractivity contribution in [3.05, 3.63) is 63.4 Å². The first-order chi connectivity index (χ1) is 11.0. The Morgan fingerprint density at radius 1 is 1.35 bits per heavy atom. The van der Waals surface area contributed by atoms with Crippen molar-refractivity contribution in [2.75, 3.05) is 0 Å². The first-order valence-electron chi connectivity index (χ1n) is 7.18. The van der Waals surface area contributed by atoms with Gasteiger partial charge in [-0.15, -0.1) is 11.3 Å². The second-order valence-electron chi connectivity index (χ2n) is 5.45. The van der Waals surface area contributed by atoms with E-state index >= 15 is 0 Å². The lowest BCUT2D eigenvalue weighted by Crippen LogP contribution is -2.02. The van der Waals surface area contributed by atoms with E-state index in [9.17, 15) is 10.1 Å². The van der Waals surface area contributed by atoms with Crippen molar-refractivity contribution in [1.82, 2.24) is 9.38 Å². The minimum absolute atomic E-state index is 0.115.